The molecule has 0 aromatic rings. The third-order valence-electron chi connectivity index (χ3n) is 2.21. The Morgan fingerprint density at radius 1 is 0.933 bits per heavy atom. The van der Waals surface area contributed by atoms with E-state index in [0.29, 0.717) is 12.8 Å². The van der Waals surface area contributed by atoms with Crippen molar-refractivity contribution in [2.45, 2.75) is 44.9 Å². The lowest BCUT2D eigenvalue weighted by molar-refractivity contribution is -0.121. The van der Waals surface area contributed by atoms with Gasteiger partial charge in [0, 0.05) is 19.9 Å². The van der Waals surface area contributed by atoms with E-state index in [0.717, 1.165) is 32.1 Å². The highest BCUT2D eigenvalue weighted by atomic mass is 32.1. The van der Waals surface area contributed by atoms with Gasteiger partial charge in [-0.1, -0.05) is 32.1 Å². The molecule has 0 saturated carbocycles. The van der Waals surface area contributed by atoms with Gasteiger partial charge in [0.1, 0.15) is 0 Å². The summed E-state index contributed by atoms with van der Waals surface area (Å²) in [6.45, 7) is 0. The van der Waals surface area contributed by atoms with Gasteiger partial charge in [0.25, 0.3) is 0 Å². The van der Waals surface area contributed by atoms with Gasteiger partial charge in [-0.2, -0.15) is 0 Å². The van der Waals surface area contributed by atoms with Gasteiger partial charge in [0.2, 0.25) is 11.8 Å². The Morgan fingerprint density at radius 2 is 1.40 bits per heavy atom. The third-order valence-corrected chi connectivity index (χ3v) is 2.46. The highest BCUT2D eigenvalue weighted by Crippen LogP contribution is 2.07. The SMILES string of the molecule is CNC(=O)CCCCCCCC(=O)NS. The van der Waals surface area contributed by atoms with Gasteiger partial charge in [-0.05, 0) is 12.8 Å². The summed E-state index contributed by atoms with van der Waals surface area (Å²) in [5.74, 6) is 0.0770. The Labute approximate surface area is 96.7 Å². The number of nitrogens with one attached hydrogen (secondary N) is 2. The Morgan fingerprint density at radius 3 is 1.87 bits per heavy atom. The molecule has 0 radical (unpaired) electrons. The van der Waals surface area contributed by atoms with Gasteiger partial charge in [-0.15, -0.1) is 0 Å². The molecule has 0 aliphatic carbocycles. The fourth-order valence-electron chi connectivity index (χ4n) is 1.28. The molecule has 0 aromatic heterocycles. The summed E-state index contributed by atoms with van der Waals surface area (Å²) in [7, 11) is 1.65. The number of unbranched alkanes of at least 4 members (excludes halogenated alkanes) is 4. The minimum Gasteiger partial charge on any atom is -0.359 e. The lowest BCUT2D eigenvalue weighted by Crippen LogP contribution is -2.16. The van der Waals surface area contributed by atoms with Crippen LogP contribution in [0.4, 0.5) is 0 Å². The summed E-state index contributed by atoms with van der Waals surface area (Å²) < 4.78 is 2.29. The van der Waals surface area contributed by atoms with E-state index in [1.165, 1.54) is 0 Å². The molecule has 5 heteroatoms. The molecule has 2 amide bonds. The zero-order chi connectivity index (χ0) is 11.5. The Hall–Kier alpha value is -0.710. The van der Waals surface area contributed by atoms with Crippen molar-refractivity contribution in [2.24, 2.45) is 0 Å². The molecule has 0 bridgehead atoms. The number of amides is 2. The van der Waals surface area contributed by atoms with Crippen LogP contribution < -0.4 is 10.0 Å². The van der Waals surface area contributed by atoms with Crippen LogP contribution in [0.5, 0.6) is 0 Å². The van der Waals surface area contributed by atoms with Gasteiger partial charge in [0.05, 0.1) is 0 Å². The zero-order valence-corrected chi connectivity index (χ0v) is 10.1. The first-order valence-corrected chi connectivity index (χ1v) is 5.79. The van der Waals surface area contributed by atoms with Crippen molar-refractivity contribution >= 4 is 24.6 Å². The second kappa shape index (κ2) is 9.83. The van der Waals surface area contributed by atoms with Crippen LogP contribution in [-0.4, -0.2) is 18.9 Å². The summed E-state index contributed by atoms with van der Waals surface area (Å²) in [4.78, 5) is 21.6. The topological polar surface area (TPSA) is 58.2 Å². The van der Waals surface area contributed by atoms with Crippen molar-refractivity contribution in [3.05, 3.63) is 0 Å². The van der Waals surface area contributed by atoms with Crippen LogP contribution in [0.25, 0.3) is 0 Å². The zero-order valence-electron chi connectivity index (χ0n) is 9.21. The van der Waals surface area contributed by atoms with Crippen LogP contribution in [0.15, 0.2) is 0 Å². The van der Waals surface area contributed by atoms with E-state index in [1.807, 2.05) is 0 Å². The standard InChI is InChI=1S/C10H20N2O2S/c1-11-9(13)7-5-3-2-4-6-8-10(14)12-15/h15H,2-8H2,1H3,(H,11,13)(H,12,14). The van der Waals surface area contributed by atoms with E-state index in [2.05, 4.69) is 22.9 Å². The predicted molar refractivity (Wildman–Crippen MR) is 63.5 cm³/mol. The molecule has 0 atom stereocenters. The molecule has 0 aliphatic rings. The van der Waals surface area contributed by atoms with E-state index in [9.17, 15) is 9.59 Å². The van der Waals surface area contributed by atoms with Crippen molar-refractivity contribution in [1.29, 1.82) is 0 Å². The molecular weight excluding hydrogens is 212 g/mol. The number of carbonyl (C=O) groups excluding carboxylic acids is 2. The Balaban J connectivity index is 3.11. The molecular formula is C10H20N2O2S. The van der Waals surface area contributed by atoms with Gasteiger partial charge >= 0.3 is 0 Å². The summed E-state index contributed by atoms with van der Waals surface area (Å²) in [6, 6.07) is 0. The summed E-state index contributed by atoms with van der Waals surface area (Å²) in [5, 5.41) is 2.59. The van der Waals surface area contributed by atoms with Crippen molar-refractivity contribution in [3.8, 4) is 0 Å². The highest BCUT2D eigenvalue weighted by molar-refractivity contribution is 7.78. The van der Waals surface area contributed by atoms with Gasteiger partial charge in [0.15, 0.2) is 0 Å². The van der Waals surface area contributed by atoms with Crippen molar-refractivity contribution in [2.75, 3.05) is 7.05 Å². The minimum absolute atomic E-state index is 0.0244. The van der Waals surface area contributed by atoms with Crippen LogP contribution in [0.2, 0.25) is 0 Å². The van der Waals surface area contributed by atoms with E-state index >= 15 is 0 Å². The molecule has 0 heterocycles. The molecule has 4 nitrogen and oxygen atoms in total. The maximum absolute atomic E-state index is 10.9. The second-order valence-corrected chi connectivity index (χ2v) is 3.70. The molecule has 15 heavy (non-hydrogen) atoms. The summed E-state index contributed by atoms with van der Waals surface area (Å²) in [6.07, 6.45) is 6.14. The first kappa shape index (κ1) is 14.3. The molecule has 0 unspecified atom stereocenters. The van der Waals surface area contributed by atoms with Gasteiger partial charge in [-0.3, -0.25) is 9.59 Å². The molecule has 88 valence electrons. The first-order chi connectivity index (χ1) is 7.20. The van der Waals surface area contributed by atoms with Gasteiger partial charge < -0.3 is 10.0 Å². The highest BCUT2D eigenvalue weighted by Gasteiger charge is 1.99. The van der Waals surface area contributed by atoms with Crippen molar-refractivity contribution < 1.29 is 9.59 Å². The maximum atomic E-state index is 10.9. The van der Waals surface area contributed by atoms with Crippen LogP contribution in [0.3, 0.4) is 0 Å². The average molecular weight is 232 g/mol. The summed E-state index contributed by atoms with van der Waals surface area (Å²) >= 11 is 3.66. The largest absolute Gasteiger partial charge is 0.359 e. The van der Waals surface area contributed by atoms with E-state index in [1.54, 1.807) is 7.05 Å². The number of carbonyl (C=O) groups is 2. The molecule has 0 spiro atoms. The van der Waals surface area contributed by atoms with Crippen molar-refractivity contribution in [3.63, 3.8) is 0 Å². The molecule has 2 N–H and O–H groups in total. The minimum atomic E-state index is -0.0244. The number of rotatable bonds is 8. The molecule has 0 saturated heterocycles. The van der Waals surface area contributed by atoms with Crippen LogP contribution in [0, 0.1) is 0 Å². The Bertz CT molecular complexity index is 178. The number of thiol groups is 1. The van der Waals surface area contributed by atoms with Crippen LogP contribution in [0.1, 0.15) is 44.9 Å². The van der Waals surface area contributed by atoms with E-state index in [-0.39, 0.29) is 11.8 Å². The first-order valence-electron chi connectivity index (χ1n) is 5.34. The quantitative estimate of drug-likeness (QED) is 0.438. The normalized spacial score (nSPS) is 9.73. The van der Waals surface area contributed by atoms with Crippen molar-refractivity contribution in [1.82, 2.24) is 10.0 Å². The Kier molecular flexibility index (Phi) is 9.36. The summed E-state index contributed by atoms with van der Waals surface area (Å²) in [5.41, 5.74) is 0. The predicted octanol–water partition coefficient (Wildman–Crippen LogP) is 1.42. The van der Waals surface area contributed by atoms with E-state index in [4.69, 9.17) is 0 Å². The van der Waals surface area contributed by atoms with Crippen LogP contribution >= 0.6 is 12.8 Å². The van der Waals surface area contributed by atoms with Crippen LogP contribution in [-0.2, 0) is 9.59 Å². The number of hydrogen-bond acceptors (Lipinski definition) is 3. The fourth-order valence-corrected chi connectivity index (χ4v) is 1.39. The monoisotopic (exact) mass is 232 g/mol. The number of hydrogen-bond donors (Lipinski definition) is 3. The van der Waals surface area contributed by atoms with Gasteiger partial charge in [-0.25, -0.2) is 0 Å². The molecule has 0 rings (SSSR count). The van der Waals surface area contributed by atoms with E-state index < -0.39 is 0 Å². The lowest BCUT2D eigenvalue weighted by atomic mass is 10.1. The maximum Gasteiger partial charge on any atom is 0.229 e. The molecule has 0 aliphatic heterocycles. The average Bonchev–Trinajstić information content (AvgIpc) is 2.26. The second-order valence-electron chi connectivity index (χ2n) is 3.48. The molecule has 0 fully saturated rings. The molecule has 0 aromatic carbocycles. The third kappa shape index (κ3) is 9.59. The smallest absolute Gasteiger partial charge is 0.229 e. The fraction of sp³-hybridized carbons (Fsp3) is 0.800. The lowest BCUT2D eigenvalue weighted by Gasteiger charge is -2.01.